The number of para-hydroxylation sites is 1. The predicted octanol–water partition coefficient (Wildman–Crippen LogP) is 3.48. The molecule has 0 saturated carbocycles. The Labute approximate surface area is 170 Å². The number of sulfonamides is 1. The highest BCUT2D eigenvalue weighted by atomic mass is 32.2. The topological polar surface area (TPSA) is 66.9 Å². The van der Waals surface area contributed by atoms with E-state index in [0.29, 0.717) is 17.4 Å². The van der Waals surface area contributed by atoms with Crippen molar-refractivity contribution >= 4 is 33.4 Å². The van der Waals surface area contributed by atoms with Gasteiger partial charge >= 0.3 is 0 Å². The molecule has 1 atom stereocenters. The van der Waals surface area contributed by atoms with Crippen LogP contribution in [0.1, 0.15) is 23.7 Å². The average molecular weight is 421 g/mol. The number of carbonyl (C=O) groups is 1. The van der Waals surface area contributed by atoms with Gasteiger partial charge in [0.05, 0.1) is 12.8 Å². The van der Waals surface area contributed by atoms with Gasteiger partial charge in [-0.2, -0.15) is 0 Å². The Morgan fingerprint density at radius 1 is 1.21 bits per heavy atom. The molecule has 0 aliphatic carbocycles. The van der Waals surface area contributed by atoms with E-state index < -0.39 is 10.0 Å². The van der Waals surface area contributed by atoms with E-state index in [1.54, 1.807) is 22.7 Å². The third-order valence-corrected chi connectivity index (χ3v) is 7.73. The van der Waals surface area contributed by atoms with E-state index in [2.05, 4.69) is 6.92 Å². The van der Waals surface area contributed by atoms with Gasteiger partial charge in [-0.3, -0.25) is 4.79 Å². The normalized spacial score (nSPS) is 17.2. The van der Waals surface area contributed by atoms with Gasteiger partial charge in [-0.15, -0.1) is 11.8 Å². The molecule has 2 aromatic rings. The highest BCUT2D eigenvalue weighted by Crippen LogP contribution is 2.38. The summed E-state index contributed by atoms with van der Waals surface area (Å²) in [5, 5.41) is 0.388. The zero-order valence-electron chi connectivity index (χ0n) is 16.4. The summed E-state index contributed by atoms with van der Waals surface area (Å²) in [6.45, 7) is 2.72. The maximum absolute atomic E-state index is 13.3. The van der Waals surface area contributed by atoms with Crippen LogP contribution < -0.4 is 9.64 Å². The lowest BCUT2D eigenvalue weighted by Crippen LogP contribution is -2.32. The molecule has 0 N–H and O–H groups in total. The van der Waals surface area contributed by atoms with Crippen molar-refractivity contribution in [3.8, 4) is 5.75 Å². The zero-order valence-corrected chi connectivity index (χ0v) is 18.0. The van der Waals surface area contributed by atoms with Gasteiger partial charge in [0.1, 0.15) is 10.6 Å². The number of fused-ring (bicyclic) bond motifs is 1. The van der Waals surface area contributed by atoms with Crippen LogP contribution in [0.3, 0.4) is 0 Å². The molecule has 0 fully saturated rings. The minimum absolute atomic E-state index is 0.0169. The maximum Gasteiger partial charge on any atom is 0.258 e. The number of nitrogens with zero attached hydrogens (tertiary/aromatic N) is 2. The molecule has 0 bridgehead atoms. The van der Waals surface area contributed by atoms with E-state index in [4.69, 9.17) is 4.74 Å². The van der Waals surface area contributed by atoms with E-state index in [1.807, 2.05) is 24.3 Å². The lowest BCUT2D eigenvalue weighted by atomic mass is 10.1. The summed E-state index contributed by atoms with van der Waals surface area (Å²) in [4.78, 5) is 16.1. The third kappa shape index (κ3) is 3.90. The van der Waals surface area contributed by atoms with Crippen molar-refractivity contribution in [3.05, 3.63) is 48.0 Å². The molecular weight excluding hydrogens is 396 g/mol. The Balaban J connectivity index is 2.06. The van der Waals surface area contributed by atoms with Crippen molar-refractivity contribution in [1.29, 1.82) is 0 Å². The second-order valence-electron chi connectivity index (χ2n) is 6.79. The standard InChI is InChI=1S/C20H24N2O4S2/c1-14-11-12-22(16-7-5-6-8-18(16)27-14)20(23)15-9-10-17(26-4)19(13-15)28(24,25)21(2)3/h5-10,13-14H,11-12H2,1-4H3/t14-/m1/s1. The Bertz CT molecular complexity index is 989. The molecule has 0 saturated heterocycles. The van der Waals surface area contributed by atoms with Gasteiger partial charge in [-0.25, -0.2) is 12.7 Å². The molecule has 3 rings (SSSR count). The summed E-state index contributed by atoms with van der Waals surface area (Å²) in [6, 6.07) is 12.4. The number of amides is 1. The lowest BCUT2D eigenvalue weighted by molar-refractivity contribution is 0.0986. The van der Waals surface area contributed by atoms with Gasteiger partial charge in [-0.1, -0.05) is 19.1 Å². The number of carbonyl (C=O) groups excluding carboxylic acids is 1. The minimum atomic E-state index is -3.75. The fourth-order valence-electron chi connectivity index (χ4n) is 3.06. The van der Waals surface area contributed by atoms with Crippen molar-refractivity contribution in [1.82, 2.24) is 4.31 Å². The number of hydrogen-bond donors (Lipinski definition) is 0. The van der Waals surface area contributed by atoms with Crippen LogP contribution in [-0.2, 0) is 10.0 Å². The second kappa shape index (κ2) is 8.14. The van der Waals surface area contributed by atoms with Crippen LogP contribution in [0.5, 0.6) is 5.75 Å². The van der Waals surface area contributed by atoms with Crippen LogP contribution in [0.2, 0.25) is 0 Å². The first-order valence-corrected chi connectivity index (χ1v) is 11.3. The Kier molecular flexibility index (Phi) is 6.02. The second-order valence-corrected chi connectivity index (χ2v) is 10.4. The van der Waals surface area contributed by atoms with E-state index in [0.717, 1.165) is 21.3 Å². The number of methoxy groups -OCH3 is 1. The molecule has 1 amide bonds. The highest BCUT2D eigenvalue weighted by Gasteiger charge is 2.28. The number of rotatable bonds is 4. The minimum Gasteiger partial charge on any atom is -0.495 e. The Morgan fingerprint density at radius 2 is 1.93 bits per heavy atom. The van der Waals surface area contributed by atoms with E-state index in [-0.39, 0.29) is 16.6 Å². The maximum atomic E-state index is 13.3. The van der Waals surface area contributed by atoms with Crippen LogP contribution in [0, 0.1) is 0 Å². The van der Waals surface area contributed by atoms with E-state index >= 15 is 0 Å². The quantitative estimate of drug-likeness (QED) is 0.758. The smallest absolute Gasteiger partial charge is 0.258 e. The van der Waals surface area contributed by atoms with Crippen molar-refractivity contribution in [2.75, 3.05) is 32.6 Å². The average Bonchev–Trinajstić information content (AvgIpc) is 2.84. The Morgan fingerprint density at radius 3 is 2.61 bits per heavy atom. The summed E-state index contributed by atoms with van der Waals surface area (Å²) in [5.41, 5.74) is 1.17. The molecule has 6 nitrogen and oxygen atoms in total. The van der Waals surface area contributed by atoms with Crippen molar-refractivity contribution in [3.63, 3.8) is 0 Å². The van der Waals surface area contributed by atoms with Gasteiger partial charge in [-0.05, 0) is 36.8 Å². The molecule has 1 heterocycles. The van der Waals surface area contributed by atoms with Gasteiger partial charge in [0.25, 0.3) is 5.91 Å². The summed E-state index contributed by atoms with van der Waals surface area (Å²) >= 11 is 1.75. The van der Waals surface area contributed by atoms with Crippen LogP contribution >= 0.6 is 11.8 Å². The van der Waals surface area contributed by atoms with E-state index in [1.165, 1.54) is 33.3 Å². The van der Waals surface area contributed by atoms with Crippen LogP contribution in [-0.4, -0.2) is 51.6 Å². The first-order valence-electron chi connectivity index (χ1n) is 8.94. The molecule has 0 radical (unpaired) electrons. The van der Waals surface area contributed by atoms with Crippen molar-refractivity contribution in [2.24, 2.45) is 0 Å². The monoisotopic (exact) mass is 420 g/mol. The van der Waals surface area contributed by atoms with Gasteiger partial charge in [0.15, 0.2) is 0 Å². The summed E-state index contributed by atoms with van der Waals surface area (Å²) in [6.07, 6.45) is 0.851. The van der Waals surface area contributed by atoms with E-state index in [9.17, 15) is 13.2 Å². The molecule has 0 unspecified atom stereocenters. The summed E-state index contributed by atoms with van der Waals surface area (Å²) in [5.74, 6) is -0.00861. The number of hydrogen-bond acceptors (Lipinski definition) is 5. The zero-order chi connectivity index (χ0) is 20.5. The highest BCUT2D eigenvalue weighted by molar-refractivity contribution is 8.00. The first kappa shape index (κ1) is 20.7. The largest absolute Gasteiger partial charge is 0.495 e. The number of ether oxygens (including phenoxy) is 1. The third-order valence-electron chi connectivity index (χ3n) is 4.66. The van der Waals surface area contributed by atoms with Crippen LogP contribution in [0.25, 0.3) is 0 Å². The number of benzene rings is 2. The molecule has 0 aromatic heterocycles. The molecule has 1 aliphatic heterocycles. The SMILES string of the molecule is COc1ccc(C(=O)N2CC[C@@H](C)Sc3ccccc32)cc1S(=O)(=O)N(C)C. The number of thioether (sulfide) groups is 1. The summed E-state index contributed by atoms with van der Waals surface area (Å²) < 4.78 is 31.7. The predicted molar refractivity (Wildman–Crippen MR) is 112 cm³/mol. The molecular formula is C20H24N2O4S2. The Hall–Kier alpha value is -2.03. The molecule has 150 valence electrons. The molecule has 1 aliphatic rings. The lowest BCUT2D eigenvalue weighted by Gasteiger charge is -2.23. The molecule has 8 heteroatoms. The van der Waals surface area contributed by atoms with Crippen molar-refractivity contribution < 1.29 is 17.9 Å². The van der Waals surface area contributed by atoms with Crippen LogP contribution in [0.15, 0.2) is 52.3 Å². The fraction of sp³-hybridized carbons (Fsp3) is 0.350. The molecule has 28 heavy (non-hydrogen) atoms. The summed E-state index contributed by atoms with van der Waals surface area (Å²) in [7, 11) is 0.565. The number of anilines is 1. The molecule has 2 aromatic carbocycles. The first-order chi connectivity index (χ1) is 13.3. The molecule has 0 spiro atoms. The van der Waals surface area contributed by atoms with Gasteiger partial charge in [0, 0.05) is 36.3 Å². The van der Waals surface area contributed by atoms with Crippen molar-refractivity contribution in [2.45, 2.75) is 28.4 Å². The van der Waals surface area contributed by atoms with Crippen LogP contribution in [0.4, 0.5) is 5.69 Å². The fourth-order valence-corrected chi connectivity index (χ4v) is 5.25. The van der Waals surface area contributed by atoms with Gasteiger partial charge < -0.3 is 9.64 Å². The van der Waals surface area contributed by atoms with Gasteiger partial charge in [0.2, 0.25) is 10.0 Å².